The van der Waals surface area contributed by atoms with Crippen LogP contribution in [0.15, 0.2) is 53.6 Å². The van der Waals surface area contributed by atoms with E-state index in [9.17, 15) is 9.59 Å². The number of hydrogen-bond acceptors (Lipinski definition) is 5. The van der Waals surface area contributed by atoms with Gasteiger partial charge >= 0.3 is 0 Å². The third-order valence-electron chi connectivity index (χ3n) is 4.13. The molecule has 0 atom stereocenters. The van der Waals surface area contributed by atoms with Gasteiger partial charge in [0.15, 0.2) is 5.78 Å². The first-order valence-corrected chi connectivity index (χ1v) is 9.44. The van der Waals surface area contributed by atoms with Gasteiger partial charge < -0.3 is 10.1 Å². The number of aryl methyl sites for hydroxylation is 1. The Hall–Kier alpha value is -2.86. The summed E-state index contributed by atoms with van der Waals surface area (Å²) in [5, 5.41) is 4.63. The molecule has 1 aromatic heterocycles. The van der Waals surface area contributed by atoms with Crippen molar-refractivity contribution in [2.75, 3.05) is 18.2 Å². The number of hydrogen-bond donors (Lipinski definition) is 1. The summed E-state index contributed by atoms with van der Waals surface area (Å²) in [5.41, 5.74) is 3.16. The largest absolute Gasteiger partial charge is 0.494 e. The van der Waals surface area contributed by atoms with E-state index in [1.807, 2.05) is 31.2 Å². The Labute approximate surface area is 162 Å². The summed E-state index contributed by atoms with van der Waals surface area (Å²) in [6.07, 6.45) is 0. The number of nitrogens with zero attached hydrogens (tertiary/aromatic N) is 1. The number of carbonyl (C=O) groups is 2. The number of aromatic nitrogens is 1. The maximum Gasteiger partial charge on any atom is 0.234 e. The summed E-state index contributed by atoms with van der Waals surface area (Å²) < 4.78 is 5.39. The van der Waals surface area contributed by atoms with Crippen LogP contribution in [0.25, 0.3) is 10.9 Å². The Morgan fingerprint density at radius 1 is 1.15 bits per heavy atom. The van der Waals surface area contributed by atoms with Gasteiger partial charge in [0.1, 0.15) is 11.3 Å². The first kappa shape index (κ1) is 18.9. The minimum atomic E-state index is -0.129. The van der Waals surface area contributed by atoms with Crippen LogP contribution in [0, 0.1) is 6.92 Å². The smallest absolute Gasteiger partial charge is 0.234 e. The third-order valence-corrected chi connectivity index (χ3v) is 5.04. The normalized spacial score (nSPS) is 10.6. The Balaban J connectivity index is 1.69. The van der Waals surface area contributed by atoms with E-state index >= 15 is 0 Å². The van der Waals surface area contributed by atoms with Crippen molar-refractivity contribution < 1.29 is 14.3 Å². The molecule has 6 heteroatoms. The molecule has 5 nitrogen and oxygen atoms in total. The molecule has 0 saturated carbocycles. The van der Waals surface area contributed by atoms with Crippen molar-refractivity contribution in [1.82, 2.24) is 4.98 Å². The van der Waals surface area contributed by atoms with E-state index in [2.05, 4.69) is 10.3 Å². The van der Waals surface area contributed by atoms with Crippen molar-refractivity contribution in [3.05, 3.63) is 59.7 Å². The Kier molecular flexibility index (Phi) is 5.76. The minimum Gasteiger partial charge on any atom is -0.494 e. The number of ketones is 1. The van der Waals surface area contributed by atoms with Crippen molar-refractivity contribution in [3.8, 4) is 5.75 Å². The lowest BCUT2D eigenvalue weighted by atomic mass is 10.1. The highest BCUT2D eigenvalue weighted by molar-refractivity contribution is 7.99. The highest BCUT2D eigenvalue weighted by Gasteiger charge is 2.10. The number of ether oxygens (including phenoxy) is 1. The van der Waals surface area contributed by atoms with Gasteiger partial charge in [-0.3, -0.25) is 9.59 Å². The van der Waals surface area contributed by atoms with Crippen LogP contribution in [0.2, 0.25) is 0 Å². The summed E-state index contributed by atoms with van der Waals surface area (Å²) in [5.74, 6) is 0.821. The first-order valence-electron chi connectivity index (χ1n) is 8.46. The number of thioether (sulfide) groups is 1. The number of pyridine rings is 1. The fraction of sp³-hybridized carbons (Fsp3) is 0.190. The number of amides is 1. The van der Waals surface area contributed by atoms with Crippen molar-refractivity contribution in [1.29, 1.82) is 0 Å². The van der Waals surface area contributed by atoms with E-state index in [-0.39, 0.29) is 17.4 Å². The molecule has 1 heterocycles. The van der Waals surface area contributed by atoms with Gasteiger partial charge in [0, 0.05) is 16.6 Å². The summed E-state index contributed by atoms with van der Waals surface area (Å²) in [6.45, 7) is 3.53. The van der Waals surface area contributed by atoms with E-state index < -0.39 is 0 Å². The van der Waals surface area contributed by atoms with Crippen LogP contribution < -0.4 is 10.1 Å². The maximum atomic E-state index is 12.2. The van der Waals surface area contributed by atoms with E-state index in [1.165, 1.54) is 18.7 Å². The maximum absolute atomic E-state index is 12.2. The van der Waals surface area contributed by atoms with Gasteiger partial charge in [-0.15, -0.1) is 0 Å². The number of anilines is 1. The van der Waals surface area contributed by atoms with Crippen LogP contribution in [0.5, 0.6) is 5.75 Å². The summed E-state index contributed by atoms with van der Waals surface area (Å²) >= 11 is 1.37. The average molecular weight is 380 g/mol. The van der Waals surface area contributed by atoms with Gasteiger partial charge in [0.2, 0.25) is 5.91 Å². The van der Waals surface area contributed by atoms with Crippen LogP contribution in [0.4, 0.5) is 5.69 Å². The number of para-hydroxylation sites is 1. The summed E-state index contributed by atoms with van der Waals surface area (Å²) in [4.78, 5) is 28.2. The lowest BCUT2D eigenvalue weighted by Gasteiger charge is -2.10. The fourth-order valence-electron chi connectivity index (χ4n) is 2.72. The molecule has 0 unspecified atom stereocenters. The average Bonchev–Trinajstić information content (AvgIpc) is 2.66. The van der Waals surface area contributed by atoms with Gasteiger partial charge in [-0.25, -0.2) is 4.98 Å². The first-order chi connectivity index (χ1) is 13.0. The van der Waals surface area contributed by atoms with E-state index in [4.69, 9.17) is 4.74 Å². The van der Waals surface area contributed by atoms with Crippen LogP contribution >= 0.6 is 11.8 Å². The fourth-order valence-corrected chi connectivity index (χ4v) is 3.49. The molecule has 3 aromatic rings. The molecule has 3 rings (SSSR count). The summed E-state index contributed by atoms with van der Waals surface area (Å²) in [6, 6.07) is 14.6. The standard InChI is InChI=1S/C21H20N2O3S/c1-13-11-20(23-21-17(13)5-4-6-18(21)26-3)27-12-19(25)22-16-9-7-15(8-10-16)14(2)24/h4-11H,12H2,1-3H3,(H,22,25). The number of rotatable bonds is 6. The molecule has 27 heavy (non-hydrogen) atoms. The second kappa shape index (κ2) is 8.22. The number of benzene rings is 2. The molecule has 0 aliphatic heterocycles. The second-order valence-electron chi connectivity index (χ2n) is 6.10. The Morgan fingerprint density at radius 2 is 1.89 bits per heavy atom. The van der Waals surface area contributed by atoms with Crippen LogP contribution in [-0.2, 0) is 4.79 Å². The zero-order valence-electron chi connectivity index (χ0n) is 15.4. The molecule has 0 aliphatic rings. The molecule has 0 bridgehead atoms. The van der Waals surface area contributed by atoms with Crippen LogP contribution in [0.3, 0.4) is 0 Å². The van der Waals surface area contributed by atoms with Gasteiger partial charge in [-0.2, -0.15) is 0 Å². The Bertz CT molecular complexity index is 1000. The SMILES string of the molecule is COc1cccc2c(C)cc(SCC(=O)Nc3ccc(C(C)=O)cc3)nc12. The molecule has 0 saturated heterocycles. The van der Waals surface area contributed by atoms with E-state index in [0.29, 0.717) is 17.0 Å². The molecule has 1 N–H and O–H groups in total. The number of carbonyl (C=O) groups excluding carboxylic acids is 2. The lowest BCUT2D eigenvalue weighted by molar-refractivity contribution is -0.113. The topological polar surface area (TPSA) is 68.3 Å². The summed E-state index contributed by atoms with van der Waals surface area (Å²) in [7, 11) is 1.62. The zero-order chi connectivity index (χ0) is 19.4. The molecule has 0 spiro atoms. The van der Waals surface area contributed by atoms with Crippen LogP contribution in [0.1, 0.15) is 22.8 Å². The Morgan fingerprint density at radius 3 is 2.56 bits per heavy atom. The monoisotopic (exact) mass is 380 g/mol. The van der Waals surface area contributed by atoms with Gasteiger partial charge in [0.05, 0.1) is 17.9 Å². The molecule has 0 fully saturated rings. The molecular weight excluding hydrogens is 360 g/mol. The predicted octanol–water partition coefficient (Wildman–Crippen LogP) is 4.49. The molecule has 2 aromatic carbocycles. The number of nitrogens with one attached hydrogen (secondary N) is 1. The van der Waals surface area contributed by atoms with E-state index in [1.54, 1.807) is 31.4 Å². The molecule has 0 radical (unpaired) electrons. The van der Waals surface area contributed by atoms with Crippen LogP contribution in [-0.4, -0.2) is 29.5 Å². The van der Waals surface area contributed by atoms with Crippen molar-refractivity contribution in [3.63, 3.8) is 0 Å². The van der Waals surface area contributed by atoms with Crippen molar-refractivity contribution in [2.45, 2.75) is 18.9 Å². The zero-order valence-corrected chi connectivity index (χ0v) is 16.2. The molecule has 0 aliphatic carbocycles. The third kappa shape index (κ3) is 4.46. The number of fused-ring (bicyclic) bond motifs is 1. The minimum absolute atomic E-state index is 0.00314. The highest BCUT2D eigenvalue weighted by atomic mass is 32.2. The van der Waals surface area contributed by atoms with Gasteiger partial charge in [-0.05, 0) is 55.8 Å². The highest BCUT2D eigenvalue weighted by Crippen LogP contribution is 2.29. The van der Waals surface area contributed by atoms with Crippen molar-refractivity contribution in [2.24, 2.45) is 0 Å². The second-order valence-corrected chi connectivity index (χ2v) is 7.10. The number of methoxy groups -OCH3 is 1. The van der Waals surface area contributed by atoms with E-state index in [0.717, 1.165) is 21.5 Å². The molecule has 1 amide bonds. The molecule has 138 valence electrons. The molecular formula is C21H20N2O3S. The van der Waals surface area contributed by atoms with Crippen molar-refractivity contribution >= 4 is 40.0 Å². The number of Topliss-reactive ketones (excluding diaryl/α,β-unsaturated/α-hetero) is 1. The lowest BCUT2D eigenvalue weighted by Crippen LogP contribution is -2.14. The quantitative estimate of drug-likeness (QED) is 0.504. The van der Waals surface area contributed by atoms with Gasteiger partial charge in [-0.1, -0.05) is 23.9 Å². The predicted molar refractivity (Wildman–Crippen MR) is 109 cm³/mol. The van der Waals surface area contributed by atoms with Gasteiger partial charge in [0.25, 0.3) is 0 Å².